The zero-order valence-corrected chi connectivity index (χ0v) is 13.0. The van der Waals surface area contributed by atoms with Gasteiger partial charge in [-0.25, -0.2) is 4.98 Å². The van der Waals surface area contributed by atoms with Gasteiger partial charge in [0.15, 0.2) is 12.0 Å². The lowest BCUT2D eigenvalue weighted by Crippen LogP contribution is -2.12. The largest absolute Gasteiger partial charge is 0.443 e. The van der Waals surface area contributed by atoms with Gasteiger partial charge in [-0.3, -0.25) is 4.79 Å². The van der Waals surface area contributed by atoms with Crippen LogP contribution in [0.25, 0.3) is 22.1 Å². The third kappa shape index (κ3) is 4.16. The molecule has 7 heteroatoms. The molecule has 3 heterocycles. The summed E-state index contributed by atoms with van der Waals surface area (Å²) in [6.07, 6.45) is 3.21. The Bertz CT molecular complexity index is 781. The van der Waals surface area contributed by atoms with Crippen molar-refractivity contribution in [3.8, 4) is 0 Å². The molecule has 5 rings (SSSR count). The van der Waals surface area contributed by atoms with Gasteiger partial charge in [0.1, 0.15) is 16.6 Å². The molecule has 4 aromatic rings. The van der Waals surface area contributed by atoms with Gasteiger partial charge in [-0.15, -0.1) is 0 Å². The maximum absolute atomic E-state index is 10.1. The van der Waals surface area contributed by atoms with Crippen LogP contribution in [0.15, 0.2) is 59.3 Å². The summed E-state index contributed by atoms with van der Waals surface area (Å²) in [5.41, 5.74) is 3.59. The molecule has 1 aliphatic rings. The summed E-state index contributed by atoms with van der Waals surface area (Å²) in [4.78, 5) is 14.1. The first-order chi connectivity index (χ1) is 11.8. The van der Waals surface area contributed by atoms with Crippen molar-refractivity contribution in [3.05, 3.63) is 54.9 Å². The van der Waals surface area contributed by atoms with E-state index >= 15 is 0 Å². The molecule has 7 nitrogen and oxygen atoms in total. The number of hydrogen-bond donors (Lipinski definition) is 2. The number of rotatable bonds is 0. The highest BCUT2D eigenvalue weighted by atomic mass is 16.3. The number of nitrogens with zero attached hydrogens (tertiary/aromatic N) is 3. The van der Waals surface area contributed by atoms with Crippen LogP contribution in [-0.4, -0.2) is 32.8 Å². The molecule has 0 atom stereocenters. The van der Waals surface area contributed by atoms with E-state index in [0.717, 1.165) is 41.5 Å². The van der Waals surface area contributed by atoms with Crippen molar-refractivity contribution < 1.29 is 9.21 Å². The van der Waals surface area contributed by atoms with Crippen LogP contribution in [0.1, 0.15) is 12.8 Å². The summed E-state index contributed by atoms with van der Waals surface area (Å²) in [7, 11) is 0. The van der Waals surface area contributed by atoms with E-state index in [1.54, 1.807) is 0 Å². The summed E-state index contributed by atoms with van der Waals surface area (Å²) in [5, 5.41) is 13.0. The van der Waals surface area contributed by atoms with Crippen LogP contribution in [0, 0.1) is 0 Å². The molecular formula is C17H17N5O2. The number of benzene rings is 2. The SMILES string of the molecule is O=C1CCCN1.c1ccc2n[nH]nc2c1.c1ccc2ocnc2c1. The normalized spacial score (nSPS) is 12.9. The van der Waals surface area contributed by atoms with Crippen molar-refractivity contribution in [3.63, 3.8) is 0 Å². The number of carbonyl (C=O) groups is 1. The van der Waals surface area contributed by atoms with Gasteiger partial charge in [-0.2, -0.15) is 15.4 Å². The Morgan fingerprint density at radius 3 is 2.12 bits per heavy atom. The van der Waals surface area contributed by atoms with Crippen LogP contribution >= 0.6 is 0 Å². The molecule has 1 aliphatic heterocycles. The lowest BCUT2D eigenvalue weighted by Gasteiger charge is -1.80. The Balaban J connectivity index is 0.000000108. The van der Waals surface area contributed by atoms with Crippen molar-refractivity contribution >= 4 is 28.0 Å². The summed E-state index contributed by atoms with van der Waals surface area (Å²) < 4.78 is 5.01. The zero-order chi connectivity index (χ0) is 16.6. The Hall–Kier alpha value is -3.22. The van der Waals surface area contributed by atoms with Crippen molar-refractivity contribution in [2.24, 2.45) is 0 Å². The average molecular weight is 323 g/mol. The summed E-state index contributed by atoms with van der Waals surface area (Å²) in [5.74, 6) is 0.204. The number of para-hydroxylation sites is 4. The smallest absolute Gasteiger partial charge is 0.220 e. The second-order valence-electron chi connectivity index (χ2n) is 5.09. The molecule has 0 radical (unpaired) electrons. The fourth-order valence-electron chi connectivity index (χ4n) is 2.15. The van der Waals surface area contributed by atoms with Gasteiger partial charge in [0.05, 0.1) is 0 Å². The number of aromatic nitrogens is 4. The van der Waals surface area contributed by atoms with Gasteiger partial charge in [0.2, 0.25) is 5.91 Å². The number of H-pyrrole nitrogens is 1. The van der Waals surface area contributed by atoms with E-state index in [0.29, 0.717) is 0 Å². The molecule has 2 aromatic carbocycles. The van der Waals surface area contributed by atoms with Crippen LogP contribution in [-0.2, 0) is 4.79 Å². The number of fused-ring (bicyclic) bond motifs is 2. The molecule has 1 amide bonds. The number of carbonyl (C=O) groups excluding carboxylic acids is 1. The summed E-state index contributed by atoms with van der Waals surface area (Å²) in [6.45, 7) is 0.888. The van der Waals surface area contributed by atoms with Crippen LogP contribution in [0.5, 0.6) is 0 Å². The molecule has 0 spiro atoms. The first kappa shape index (κ1) is 15.7. The van der Waals surface area contributed by atoms with Gasteiger partial charge < -0.3 is 9.73 Å². The topological polar surface area (TPSA) is 96.7 Å². The molecule has 1 fully saturated rings. The maximum Gasteiger partial charge on any atom is 0.220 e. The highest BCUT2D eigenvalue weighted by molar-refractivity contribution is 5.77. The lowest BCUT2D eigenvalue weighted by molar-refractivity contribution is -0.119. The van der Waals surface area contributed by atoms with E-state index < -0.39 is 0 Å². The van der Waals surface area contributed by atoms with E-state index in [1.807, 2.05) is 48.5 Å². The van der Waals surface area contributed by atoms with Crippen molar-refractivity contribution in [1.82, 2.24) is 25.7 Å². The Morgan fingerprint density at radius 2 is 1.58 bits per heavy atom. The average Bonchev–Trinajstić information content (AvgIpc) is 3.37. The molecule has 24 heavy (non-hydrogen) atoms. The predicted octanol–water partition coefficient (Wildman–Crippen LogP) is 2.68. The highest BCUT2D eigenvalue weighted by Crippen LogP contribution is 2.09. The molecule has 0 bridgehead atoms. The molecular weight excluding hydrogens is 306 g/mol. The molecule has 0 aliphatic carbocycles. The van der Waals surface area contributed by atoms with Crippen molar-refractivity contribution in [1.29, 1.82) is 0 Å². The highest BCUT2D eigenvalue weighted by Gasteiger charge is 2.05. The Morgan fingerprint density at radius 1 is 0.917 bits per heavy atom. The van der Waals surface area contributed by atoms with Crippen LogP contribution in [0.4, 0.5) is 0 Å². The second kappa shape index (κ2) is 7.87. The Kier molecular flexibility index (Phi) is 5.14. The first-order valence-electron chi connectivity index (χ1n) is 7.63. The molecule has 2 aromatic heterocycles. The van der Waals surface area contributed by atoms with Crippen molar-refractivity contribution in [2.45, 2.75) is 12.8 Å². The zero-order valence-electron chi connectivity index (χ0n) is 13.0. The van der Waals surface area contributed by atoms with Crippen molar-refractivity contribution in [2.75, 3.05) is 6.54 Å². The quantitative estimate of drug-likeness (QED) is 0.518. The molecule has 2 N–H and O–H groups in total. The van der Waals surface area contributed by atoms with Gasteiger partial charge in [-0.05, 0) is 30.7 Å². The molecule has 1 saturated heterocycles. The Labute approximate surface area is 138 Å². The number of amides is 1. The minimum atomic E-state index is 0.204. The van der Waals surface area contributed by atoms with Crippen LogP contribution < -0.4 is 5.32 Å². The number of oxazole rings is 1. The lowest BCUT2D eigenvalue weighted by atomic mass is 10.3. The van der Waals surface area contributed by atoms with E-state index in [4.69, 9.17) is 4.42 Å². The monoisotopic (exact) mass is 323 g/mol. The van der Waals surface area contributed by atoms with E-state index in [-0.39, 0.29) is 5.91 Å². The standard InChI is InChI=1S/C7H5NO.C6H5N3.C4H7NO/c1-2-4-7-6(3-1)8-5-9-7;1-2-4-6-5(3-1)7-9-8-6;6-4-2-1-3-5-4/h1-5H;1-4H,(H,7,8,9);1-3H2,(H,5,6). The minimum absolute atomic E-state index is 0.204. The number of hydrogen-bond acceptors (Lipinski definition) is 5. The third-order valence-electron chi connectivity index (χ3n) is 3.36. The number of aromatic amines is 1. The fraction of sp³-hybridized carbons (Fsp3) is 0.176. The van der Waals surface area contributed by atoms with E-state index in [9.17, 15) is 4.79 Å². The van der Waals surface area contributed by atoms with Crippen LogP contribution in [0.2, 0.25) is 0 Å². The predicted molar refractivity (Wildman–Crippen MR) is 90.1 cm³/mol. The second-order valence-corrected chi connectivity index (χ2v) is 5.09. The summed E-state index contributed by atoms with van der Waals surface area (Å²) in [6, 6.07) is 15.4. The van der Waals surface area contributed by atoms with Gasteiger partial charge in [0, 0.05) is 13.0 Å². The maximum atomic E-state index is 10.1. The molecule has 122 valence electrons. The fourth-order valence-corrected chi connectivity index (χ4v) is 2.15. The van der Waals surface area contributed by atoms with Gasteiger partial charge >= 0.3 is 0 Å². The summed E-state index contributed by atoms with van der Waals surface area (Å²) >= 11 is 0. The van der Waals surface area contributed by atoms with Crippen LogP contribution in [0.3, 0.4) is 0 Å². The first-order valence-corrected chi connectivity index (χ1v) is 7.63. The minimum Gasteiger partial charge on any atom is -0.443 e. The van der Waals surface area contributed by atoms with Gasteiger partial charge in [-0.1, -0.05) is 24.3 Å². The van der Waals surface area contributed by atoms with E-state index in [1.165, 1.54) is 6.39 Å². The van der Waals surface area contributed by atoms with Gasteiger partial charge in [0.25, 0.3) is 0 Å². The number of nitrogens with one attached hydrogen (secondary N) is 2. The third-order valence-corrected chi connectivity index (χ3v) is 3.36. The molecule has 0 unspecified atom stereocenters. The van der Waals surface area contributed by atoms with E-state index in [2.05, 4.69) is 25.7 Å². The molecule has 0 saturated carbocycles.